The molecule has 3 aromatic rings. The summed E-state index contributed by atoms with van der Waals surface area (Å²) < 4.78 is 7.14. The number of aromatic nitrogens is 3. The van der Waals surface area contributed by atoms with Crippen LogP contribution in [0.1, 0.15) is 83.9 Å². The van der Waals surface area contributed by atoms with Crippen molar-refractivity contribution in [1.82, 2.24) is 30.5 Å². The molecule has 0 saturated heterocycles. The molecule has 232 valence electrons. The lowest BCUT2D eigenvalue weighted by Gasteiger charge is -2.23. The van der Waals surface area contributed by atoms with Crippen molar-refractivity contribution in [2.24, 2.45) is 5.41 Å². The van der Waals surface area contributed by atoms with Crippen molar-refractivity contribution >= 4 is 23.4 Å². The Balaban J connectivity index is 1.92. The maximum Gasteiger partial charge on any atom is 0.273 e. The van der Waals surface area contributed by atoms with Crippen LogP contribution in [0.5, 0.6) is 5.75 Å². The van der Waals surface area contributed by atoms with Crippen molar-refractivity contribution in [3.05, 3.63) is 64.5 Å². The monoisotopic (exact) mass is 591 g/mol. The Morgan fingerprint density at radius 1 is 0.953 bits per heavy atom. The Bertz CT molecular complexity index is 1480. The normalized spacial score (nSPS) is 11.8. The van der Waals surface area contributed by atoms with Gasteiger partial charge < -0.3 is 25.6 Å². The first-order valence-electron chi connectivity index (χ1n) is 14.3. The molecule has 3 amide bonds. The number of likely N-dealkylation sites (N-methyl/N-ethyl adjacent to an activating group) is 1. The second-order valence-electron chi connectivity index (χ2n) is 13.2. The topological polar surface area (TPSA) is 130 Å². The van der Waals surface area contributed by atoms with Crippen molar-refractivity contribution in [2.45, 2.75) is 53.9 Å². The van der Waals surface area contributed by atoms with Gasteiger partial charge in [-0.05, 0) is 67.2 Å². The van der Waals surface area contributed by atoms with E-state index in [1.807, 2.05) is 79.6 Å². The van der Waals surface area contributed by atoms with E-state index in [4.69, 9.17) is 4.74 Å². The molecule has 11 heteroatoms. The maximum absolute atomic E-state index is 13.6. The van der Waals surface area contributed by atoms with E-state index >= 15 is 0 Å². The third kappa shape index (κ3) is 8.87. The highest BCUT2D eigenvalue weighted by atomic mass is 16.5. The fourth-order valence-electron chi connectivity index (χ4n) is 4.15. The Hall–Kier alpha value is -4.25. The third-order valence-corrected chi connectivity index (χ3v) is 6.72. The van der Waals surface area contributed by atoms with Crippen LogP contribution in [0, 0.1) is 12.3 Å². The van der Waals surface area contributed by atoms with Gasteiger partial charge in [0.1, 0.15) is 0 Å². The summed E-state index contributed by atoms with van der Waals surface area (Å²) in [4.78, 5) is 41.3. The predicted molar refractivity (Wildman–Crippen MR) is 168 cm³/mol. The second kappa shape index (κ2) is 13.4. The molecule has 3 rings (SSSR count). The summed E-state index contributed by atoms with van der Waals surface area (Å²) in [5.74, 6) is -0.724. The molecule has 3 N–H and O–H groups in total. The number of methoxy groups -OCH3 is 1. The first-order chi connectivity index (χ1) is 20.0. The smallest absolute Gasteiger partial charge is 0.273 e. The Morgan fingerprint density at radius 3 is 2.26 bits per heavy atom. The number of nitrogens with one attached hydrogen (secondary N) is 3. The van der Waals surface area contributed by atoms with E-state index < -0.39 is 5.91 Å². The number of ether oxygens (including phenoxy) is 1. The highest BCUT2D eigenvalue weighted by Gasteiger charge is 2.24. The van der Waals surface area contributed by atoms with Crippen molar-refractivity contribution in [2.75, 3.05) is 46.2 Å². The zero-order chi connectivity index (χ0) is 32.1. The van der Waals surface area contributed by atoms with Gasteiger partial charge in [-0.25, -0.2) is 4.68 Å². The Labute approximate surface area is 254 Å². The van der Waals surface area contributed by atoms with Gasteiger partial charge in [0, 0.05) is 25.2 Å². The van der Waals surface area contributed by atoms with Crippen LogP contribution in [-0.4, -0.2) is 78.5 Å². The van der Waals surface area contributed by atoms with E-state index in [0.717, 1.165) is 11.1 Å². The van der Waals surface area contributed by atoms with Gasteiger partial charge in [-0.2, -0.15) is 0 Å². The fourth-order valence-corrected chi connectivity index (χ4v) is 4.15. The standard InChI is InChI=1S/C32H45N7O4/c1-20-11-12-21(15-26(20)39-18-25(36-37-39)30(42)34-19-31(2,3)4)28(40)35-24-17-22(32(5,6)7)16-23(27(24)43-10)29(41)33-13-14-38(8)9/h11-12,15-18H,13-14,19H2,1-10H3,(H,33,41)(H,34,42)(H,35,40). The molecule has 0 atom stereocenters. The molecule has 1 heterocycles. The first-order valence-corrected chi connectivity index (χ1v) is 14.3. The average Bonchev–Trinajstić information content (AvgIpc) is 3.40. The van der Waals surface area contributed by atoms with Crippen LogP contribution in [0.3, 0.4) is 0 Å². The minimum atomic E-state index is -0.396. The summed E-state index contributed by atoms with van der Waals surface area (Å²) >= 11 is 0. The van der Waals surface area contributed by atoms with Gasteiger partial charge >= 0.3 is 0 Å². The van der Waals surface area contributed by atoms with E-state index in [1.54, 1.807) is 24.4 Å². The SMILES string of the molecule is COc1c(NC(=O)c2ccc(C)c(-n3cc(C(=O)NCC(C)(C)C)nn3)c2)cc(C(C)(C)C)cc1C(=O)NCCN(C)C. The third-order valence-electron chi connectivity index (χ3n) is 6.72. The molecular weight excluding hydrogens is 546 g/mol. The fraction of sp³-hybridized carbons (Fsp3) is 0.469. The van der Waals surface area contributed by atoms with E-state index in [1.165, 1.54) is 11.8 Å². The number of carbonyl (C=O) groups is 3. The minimum Gasteiger partial charge on any atom is -0.494 e. The summed E-state index contributed by atoms with van der Waals surface area (Å²) in [6, 6.07) is 8.84. The number of hydrogen-bond donors (Lipinski definition) is 3. The van der Waals surface area contributed by atoms with Gasteiger partial charge in [0.25, 0.3) is 17.7 Å². The molecule has 43 heavy (non-hydrogen) atoms. The second-order valence-corrected chi connectivity index (χ2v) is 13.2. The summed E-state index contributed by atoms with van der Waals surface area (Å²) in [5, 5.41) is 16.9. The lowest BCUT2D eigenvalue weighted by molar-refractivity contribution is 0.0930. The molecule has 0 aliphatic heterocycles. The van der Waals surface area contributed by atoms with E-state index in [2.05, 4.69) is 26.3 Å². The highest BCUT2D eigenvalue weighted by Crippen LogP contribution is 2.36. The van der Waals surface area contributed by atoms with Gasteiger partial charge in [-0.3, -0.25) is 14.4 Å². The van der Waals surface area contributed by atoms with E-state index in [-0.39, 0.29) is 34.1 Å². The van der Waals surface area contributed by atoms with Crippen molar-refractivity contribution < 1.29 is 19.1 Å². The van der Waals surface area contributed by atoms with Crippen LogP contribution in [0.2, 0.25) is 0 Å². The van der Waals surface area contributed by atoms with Gasteiger partial charge in [0.15, 0.2) is 11.4 Å². The largest absolute Gasteiger partial charge is 0.494 e. The minimum absolute atomic E-state index is 0.0738. The molecule has 0 bridgehead atoms. The number of anilines is 1. The molecule has 0 spiro atoms. The number of rotatable bonds is 10. The number of nitrogens with zero attached hydrogens (tertiary/aromatic N) is 4. The van der Waals surface area contributed by atoms with Crippen molar-refractivity contribution in [3.8, 4) is 11.4 Å². The molecule has 1 aromatic heterocycles. The zero-order valence-electron chi connectivity index (χ0n) is 27.0. The molecule has 0 unspecified atom stereocenters. The van der Waals surface area contributed by atoms with Crippen molar-refractivity contribution in [3.63, 3.8) is 0 Å². The summed E-state index contributed by atoms with van der Waals surface area (Å²) in [6.45, 7) is 15.7. The molecule has 0 aliphatic rings. The van der Waals surface area contributed by atoms with Gasteiger partial charge in [-0.1, -0.05) is 52.8 Å². The van der Waals surface area contributed by atoms with Crippen LogP contribution < -0.4 is 20.7 Å². The van der Waals surface area contributed by atoms with Crippen molar-refractivity contribution in [1.29, 1.82) is 0 Å². The quantitative estimate of drug-likeness (QED) is 0.322. The lowest BCUT2D eigenvalue weighted by atomic mass is 9.85. The van der Waals surface area contributed by atoms with Crippen LogP contribution in [0.15, 0.2) is 36.5 Å². The maximum atomic E-state index is 13.6. The molecule has 0 fully saturated rings. The number of aryl methyl sites for hydroxylation is 1. The van der Waals surface area contributed by atoms with Crippen LogP contribution in [0.4, 0.5) is 5.69 Å². The Kier molecular flexibility index (Phi) is 10.3. The molecule has 0 saturated carbocycles. The van der Waals surface area contributed by atoms with Gasteiger partial charge in [0.2, 0.25) is 0 Å². The number of hydrogen-bond acceptors (Lipinski definition) is 7. The predicted octanol–water partition coefficient (Wildman–Crippen LogP) is 4.20. The van der Waals surface area contributed by atoms with E-state index in [9.17, 15) is 14.4 Å². The lowest BCUT2D eigenvalue weighted by Crippen LogP contribution is -2.32. The summed E-state index contributed by atoms with van der Waals surface area (Å²) in [7, 11) is 5.34. The van der Waals surface area contributed by atoms with E-state index in [0.29, 0.717) is 42.1 Å². The van der Waals surface area contributed by atoms with Crippen LogP contribution >= 0.6 is 0 Å². The summed E-state index contributed by atoms with van der Waals surface area (Å²) in [5.41, 5.74) is 3.20. The van der Waals surface area contributed by atoms with Crippen LogP contribution in [0.25, 0.3) is 5.69 Å². The average molecular weight is 592 g/mol. The first kappa shape index (κ1) is 33.3. The highest BCUT2D eigenvalue weighted by molar-refractivity contribution is 6.07. The molecular formula is C32H45N7O4. The van der Waals surface area contributed by atoms with Gasteiger partial charge in [0.05, 0.1) is 30.2 Å². The zero-order valence-corrected chi connectivity index (χ0v) is 27.0. The number of carbonyl (C=O) groups excluding carboxylic acids is 3. The number of benzene rings is 2. The molecule has 2 aromatic carbocycles. The molecule has 0 aliphatic carbocycles. The number of amides is 3. The van der Waals surface area contributed by atoms with Crippen LogP contribution in [-0.2, 0) is 5.41 Å². The summed E-state index contributed by atoms with van der Waals surface area (Å²) in [6.07, 6.45) is 1.54. The van der Waals surface area contributed by atoms with Gasteiger partial charge in [-0.15, -0.1) is 5.10 Å². The molecule has 0 radical (unpaired) electrons. The molecule has 11 nitrogen and oxygen atoms in total. The Morgan fingerprint density at radius 2 is 1.65 bits per heavy atom.